The monoisotopic (exact) mass is 956 g/mol. The Labute approximate surface area is 435 Å². The van der Waals surface area contributed by atoms with Crippen molar-refractivity contribution in [3.05, 3.63) is 253 Å². The molecule has 0 N–H and O–H groups in total. The van der Waals surface area contributed by atoms with Crippen LogP contribution in [0.4, 0.5) is 34.1 Å². The highest BCUT2D eigenvalue weighted by Gasteiger charge is 2.21. The van der Waals surface area contributed by atoms with E-state index in [0.29, 0.717) is 17.8 Å². The molecule has 0 saturated carbocycles. The van der Waals surface area contributed by atoms with Crippen LogP contribution < -0.4 is 9.80 Å². The van der Waals surface area contributed by atoms with Crippen molar-refractivity contribution in [3.63, 3.8) is 0 Å². The molecule has 0 atom stereocenters. The fourth-order valence-corrected chi connectivity index (χ4v) is 10.7. The van der Waals surface area contributed by atoms with E-state index >= 15 is 0 Å². The van der Waals surface area contributed by atoms with E-state index in [1.54, 1.807) is 0 Å². The second-order valence-corrected chi connectivity index (χ2v) is 20.8. The van der Waals surface area contributed by atoms with Crippen molar-refractivity contribution in [1.29, 1.82) is 0 Å². The molecule has 3 nitrogen and oxygen atoms in total. The molecule has 360 valence electrons. The Morgan fingerprint density at radius 2 is 0.635 bits per heavy atom. The molecular formula is C71H60N2O. The van der Waals surface area contributed by atoms with Gasteiger partial charge in [-0.25, -0.2) is 0 Å². The summed E-state index contributed by atoms with van der Waals surface area (Å²) >= 11 is 0. The minimum Gasteiger partial charge on any atom is -0.456 e. The predicted molar refractivity (Wildman–Crippen MR) is 317 cm³/mol. The molecule has 0 aliphatic heterocycles. The standard InChI is InChI=1S/C71H60N2O/c1-46(2)49-20-24-54(25-21-49)64-16-10-12-18-68(64)72(60-34-28-51(29-35-60)48(5)6)62-38-32-56-42-66-67-43-57-33-39-63(41-59(57)45-71(67)74-70(66)44-58(56)40-62)73(61-36-30-53(31-37-61)52-14-8-7-9-15-52)69-19-13-11-17-65(69)55-26-22-50(23-27-55)47(3)4/h7-48H,1-6H3. The van der Waals surface area contributed by atoms with E-state index in [9.17, 15) is 0 Å². The third-order valence-electron chi connectivity index (χ3n) is 15.0. The van der Waals surface area contributed by atoms with Gasteiger partial charge in [0, 0.05) is 44.6 Å². The van der Waals surface area contributed by atoms with E-state index in [1.165, 1.54) is 55.5 Å². The number of nitrogens with zero attached hydrogens (tertiary/aromatic N) is 2. The van der Waals surface area contributed by atoms with Gasteiger partial charge in [-0.3, -0.25) is 0 Å². The first-order valence-electron chi connectivity index (χ1n) is 26.2. The summed E-state index contributed by atoms with van der Waals surface area (Å²) in [7, 11) is 0. The van der Waals surface area contributed by atoms with Gasteiger partial charge in [-0.2, -0.15) is 0 Å². The summed E-state index contributed by atoms with van der Waals surface area (Å²) in [4.78, 5) is 4.81. The minimum absolute atomic E-state index is 0.440. The van der Waals surface area contributed by atoms with Crippen molar-refractivity contribution < 1.29 is 4.42 Å². The van der Waals surface area contributed by atoms with Crippen molar-refractivity contribution >= 4 is 77.6 Å². The molecular weight excluding hydrogens is 897 g/mol. The average molecular weight is 957 g/mol. The summed E-state index contributed by atoms with van der Waals surface area (Å²) < 4.78 is 6.88. The molecule has 74 heavy (non-hydrogen) atoms. The van der Waals surface area contributed by atoms with Crippen LogP contribution in [0.2, 0.25) is 0 Å². The molecule has 1 aromatic heterocycles. The first kappa shape index (κ1) is 46.4. The van der Waals surface area contributed by atoms with Gasteiger partial charge >= 0.3 is 0 Å². The quantitative estimate of drug-likeness (QED) is 0.122. The van der Waals surface area contributed by atoms with Crippen LogP contribution in [0.3, 0.4) is 0 Å². The molecule has 0 fully saturated rings. The van der Waals surface area contributed by atoms with E-state index < -0.39 is 0 Å². The van der Waals surface area contributed by atoms with E-state index in [4.69, 9.17) is 4.42 Å². The lowest BCUT2D eigenvalue weighted by atomic mass is 9.96. The fourth-order valence-electron chi connectivity index (χ4n) is 10.7. The molecule has 0 aliphatic carbocycles. The van der Waals surface area contributed by atoms with Crippen molar-refractivity contribution in [2.75, 3.05) is 9.80 Å². The van der Waals surface area contributed by atoms with E-state index in [1.807, 2.05) is 0 Å². The Morgan fingerprint density at radius 1 is 0.284 bits per heavy atom. The van der Waals surface area contributed by atoms with Gasteiger partial charge in [-0.15, -0.1) is 0 Å². The van der Waals surface area contributed by atoms with Gasteiger partial charge in [0.2, 0.25) is 0 Å². The van der Waals surface area contributed by atoms with Crippen LogP contribution >= 0.6 is 0 Å². The summed E-state index contributed by atoms with van der Waals surface area (Å²) in [6.45, 7) is 13.5. The number of hydrogen-bond acceptors (Lipinski definition) is 3. The smallest absolute Gasteiger partial charge is 0.136 e. The maximum Gasteiger partial charge on any atom is 0.136 e. The highest BCUT2D eigenvalue weighted by Crippen LogP contribution is 2.46. The van der Waals surface area contributed by atoms with Crippen molar-refractivity contribution in [3.8, 4) is 33.4 Å². The maximum atomic E-state index is 6.88. The minimum atomic E-state index is 0.440. The Hall–Kier alpha value is -8.66. The van der Waals surface area contributed by atoms with Crippen LogP contribution in [0.15, 0.2) is 241 Å². The molecule has 11 aromatic carbocycles. The summed E-state index contributed by atoms with van der Waals surface area (Å²) in [5.41, 5.74) is 19.4. The first-order chi connectivity index (χ1) is 36.1. The van der Waals surface area contributed by atoms with Crippen LogP contribution in [0.1, 0.15) is 76.0 Å². The Bertz CT molecular complexity index is 3960. The number of anilines is 6. The number of rotatable bonds is 12. The second kappa shape index (κ2) is 19.4. The van der Waals surface area contributed by atoms with Gasteiger partial charge in [-0.05, 0) is 163 Å². The fraction of sp³-hybridized carbons (Fsp3) is 0.127. The van der Waals surface area contributed by atoms with Crippen LogP contribution in [-0.2, 0) is 0 Å². The van der Waals surface area contributed by atoms with Gasteiger partial charge in [-0.1, -0.05) is 193 Å². The molecule has 1 heterocycles. The van der Waals surface area contributed by atoms with E-state index in [-0.39, 0.29) is 0 Å². The predicted octanol–water partition coefficient (Wildman–Crippen LogP) is 21.2. The topological polar surface area (TPSA) is 19.6 Å². The maximum absolute atomic E-state index is 6.88. The van der Waals surface area contributed by atoms with E-state index in [2.05, 4.69) is 288 Å². The third kappa shape index (κ3) is 8.79. The molecule has 12 rings (SSSR count). The van der Waals surface area contributed by atoms with E-state index in [0.717, 1.165) is 72.2 Å². The highest BCUT2D eigenvalue weighted by molar-refractivity contribution is 6.14. The molecule has 0 unspecified atom stereocenters. The number of benzene rings is 11. The van der Waals surface area contributed by atoms with Crippen LogP contribution in [0.25, 0.3) is 76.9 Å². The molecule has 0 amide bonds. The van der Waals surface area contributed by atoms with Gasteiger partial charge in [0.05, 0.1) is 11.4 Å². The average Bonchev–Trinajstić information content (AvgIpc) is 3.78. The second-order valence-electron chi connectivity index (χ2n) is 20.8. The van der Waals surface area contributed by atoms with Gasteiger partial charge in [0.15, 0.2) is 0 Å². The molecule has 0 spiro atoms. The lowest BCUT2D eigenvalue weighted by molar-refractivity contribution is 0.670. The Balaban J connectivity index is 0.956. The lowest BCUT2D eigenvalue weighted by Crippen LogP contribution is -2.11. The highest BCUT2D eigenvalue weighted by atomic mass is 16.3. The lowest BCUT2D eigenvalue weighted by Gasteiger charge is -2.28. The van der Waals surface area contributed by atoms with Crippen LogP contribution in [0, 0.1) is 0 Å². The third-order valence-corrected chi connectivity index (χ3v) is 15.0. The Morgan fingerprint density at radius 3 is 1.07 bits per heavy atom. The summed E-state index contributed by atoms with van der Waals surface area (Å²) in [5.74, 6) is 1.37. The van der Waals surface area contributed by atoms with Crippen molar-refractivity contribution in [1.82, 2.24) is 0 Å². The van der Waals surface area contributed by atoms with Gasteiger partial charge < -0.3 is 14.2 Å². The Kier molecular flexibility index (Phi) is 12.2. The van der Waals surface area contributed by atoms with Crippen LogP contribution in [0.5, 0.6) is 0 Å². The van der Waals surface area contributed by atoms with Crippen molar-refractivity contribution in [2.45, 2.75) is 59.3 Å². The SMILES string of the molecule is CC(C)c1ccc(-c2ccccc2N(c2ccc(-c3ccccc3)cc2)c2ccc3cc4c(cc3c2)oc2cc3cc(N(c5ccc(C(C)C)cc5)c5ccccc5-c5ccc(C(C)C)cc5)ccc3cc24)cc1. The number of fused-ring (bicyclic) bond motifs is 5. The molecule has 0 aliphatic rings. The van der Waals surface area contributed by atoms with Gasteiger partial charge in [0.25, 0.3) is 0 Å². The molecule has 3 heteroatoms. The molecule has 0 radical (unpaired) electrons. The zero-order valence-corrected chi connectivity index (χ0v) is 43.1. The normalized spacial score (nSPS) is 11.7. The molecule has 12 aromatic rings. The zero-order chi connectivity index (χ0) is 50.5. The first-order valence-corrected chi connectivity index (χ1v) is 26.2. The molecule has 0 bridgehead atoms. The summed E-state index contributed by atoms with van der Waals surface area (Å²) in [6, 6.07) is 87.1. The largest absolute Gasteiger partial charge is 0.456 e. The van der Waals surface area contributed by atoms with Crippen molar-refractivity contribution in [2.24, 2.45) is 0 Å². The summed E-state index contributed by atoms with van der Waals surface area (Å²) in [6.07, 6.45) is 0. The zero-order valence-electron chi connectivity index (χ0n) is 43.1. The van der Waals surface area contributed by atoms with Gasteiger partial charge in [0.1, 0.15) is 11.2 Å². The van der Waals surface area contributed by atoms with Crippen LogP contribution in [-0.4, -0.2) is 0 Å². The summed E-state index contributed by atoms with van der Waals surface area (Å²) in [5, 5.41) is 6.78. The molecule has 0 saturated heterocycles. The number of para-hydroxylation sites is 2. The number of hydrogen-bond donors (Lipinski definition) is 0. The number of furan rings is 1.